The molecule has 0 radical (unpaired) electrons. The van der Waals surface area contributed by atoms with Gasteiger partial charge in [0, 0.05) is 43.9 Å². The van der Waals surface area contributed by atoms with Crippen LogP contribution in [-0.2, 0) is 13.6 Å². The Morgan fingerprint density at radius 2 is 1.90 bits per heavy atom. The van der Waals surface area contributed by atoms with Crippen LogP contribution in [0, 0.1) is 0 Å². The number of aryl methyl sites for hydroxylation is 1. The third-order valence-electron chi connectivity index (χ3n) is 5.40. The van der Waals surface area contributed by atoms with Gasteiger partial charge < -0.3 is 9.42 Å². The summed E-state index contributed by atoms with van der Waals surface area (Å²) in [6.45, 7) is 1.13. The summed E-state index contributed by atoms with van der Waals surface area (Å²) in [6, 6.07) is 19.7. The Morgan fingerprint density at radius 1 is 1.10 bits per heavy atom. The molecule has 29 heavy (non-hydrogen) atoms. The topological polar surface area (TPSA) is 64.2 Å². The number of amides is 1. The highest BCUT2D eigenvalue weighted by atomic mass is 16.5. The molecule has 6 nitrogen and oxygen atoms in total. The van der Waals surface area contributed by atoms with E-state index in [0.29, 0.717) is 24.5 Å². The van der Waals surface area contributed by atoms with Crippen molar-refractivity contribution in [3.8, 4) is 11.3 Å². The van der Waals surface area contributed by atoms with E-state index in [1.807, 2.05) is 66.8 Å². The third-order valence-corrected chi connectivity index (χ3v) is 5.40. The Bertz CT molecular complexity index is 1160. The highest BCUT2D eigenvalue weighted by Crippen LogP contribution is 2.34. The summed E-state index contributed by atoms with van der Waals surface area (Å²) in [6.07, 6.45) is 3.89. The molecule has 0 N–H and O–H groups in total. The van der Waals surface area contributed by atoms with Gasteiger partial charge in [-0.05, 0) is 16.7 Å². The molecule has 0 spiro atoms. The molecule has 5 rings (SSSR count). The number of rotatable bonds is 3. The molecule has 0 saturated heterocycles. The average Bonchev–Trinajstić information content (AvgIpc) is 3.42. The van der Waals surface area contributed by atoms with Crippen LogP contribution in [-0.4, -0.2) is 32.3 Å². The summed E-state index contributed by atoms with van der Waals surface area (Å²) in [7, 11) is 1.90. The molecule has 0 bridgehead atoms. The zero-order valence-corrected chi connectivity index (χ0v) is 16.0. The van der Waals surface area contributed by atoms with Crippen LogP contribution in [0.15, 0.2) is 77.6 Å². The van der Waals surface area contributed by atoms with Crippen molar-refractivity contribution in [2.75, 3.05) is 6.54 Å². The lowest BCUT2D eigenvalue weighted by Crippen LogP contribution is -2.38. The third kappa shape index (κ3) is 3.23. The molecule has 1 aliphatic rings. The zero-order chi connectivity index (χ0) is 19.8. The van der Waals surface area contributed by atoms with Crippen molar-refractivity contribution >= 4 is 5.91 Å². The van der Waals surface area contributed by atoms with E-state index < -0.39 is 0 Å². The normalized spacial score (nSPS) is 15.9. The second-order valence-corrected chi connectivity index (χ2v) is 7.33. The monoisotopic (exact) mass is 384 g/mol. The first-order valence-corrected chi connectivity index (χ1v) is 9.57. The predicted octanol–water partition coefficient (Wildman–Crippen LogP) is 3.86. The minimum Gasteiger partial charge on any atom is -0.355 e. The van der Waals surface area contributed by atoms with Crippen LogP contribution in [0.1, 0.15) is 33.1 Å². The number of hydrogen-bond donors (Lipinski definition) is 0. The maximum atomic E-state index is 13.2. The average molecular weight is 384 g/mol. The van der Waals surface area contributed by atoms with Crippen LogP contribution in [0.25, 0.3) is 11.3 Å². The first kappa shape index (κ1) is 17.4. The minimum absolute atomic E-state index is 0.0816. The van der Waals surface area contributed by atoms with Crippen molar-refractivity contribution in [3.05, 3.63) is 95.4 Å². The van der Waals surface area contributed by atoms with Crippen molar-refractivity contribution in [1.29, 1.82) is 0 Å². The number of nitrogens with zero attached hydrogens (tertiary/aromatic N) is 4. The minimum atomic E-state index is -0.126. The van der Waals surface area contributed by atoms with E-state index in [9.17, 15) is 4.79 Å². The van der Waals surface area contributed by atoms with E-state index in [1.54, 1.807) is 10.7 Å². The molecule has 1 amide bonds. The van der Waals surface area contributed by atoms with Gasteiger partial charge in [0.2, 0.25) is 0 Å². The Labute approximate surface area is 168 Å². The van der Waals surface area contributed by atoms with Gasteiger partial charge >= 0.3 is 0 Å². The van der Waals surface area contributed by atoms with Crippen LogP contribution >= 0.6 is 0 Å². The molecule has 144 valence electrons. The van der Waals surface area contributed by atoms with Crippen LogP contribution in [0.3, 0.4) is 0 Å². The number of carbonyl (C=O) groups excluding carboxylic acids is 1. The summed E-state index contributed by atoms with van der Waals surface area (Å²) < 4.78 is 7.23. The molecule has 2 aromatic heterocycles. The number of carbonyl (C=O) groups is 1. The summed E-state index contributed by atoms with van der Waals surface area (Å²) >= 11 is 0. The number of fused-ring (bicyclic) bond motifs is 1. The number of benzene rings is 2. The quantitative estimate of drug-likeness (QED) is 0.538. The van der Waals surface area contributed by atoms with Crippen LogP contribution in [0.5, 0.6) is 0 Å². The second-order valence-electron chi connectivity index (χ2n) is 7.33. The molecule has 3 heterocycles. The standard InChI is InChI=1S/C23H20N4O2/c1-26-13-18(12-24-26)20-15-27(14-17-9-5-6-10-19(17)20)23(28)21-11-22(29-25-21)16-7-3-2-4-8-16/h2-13,20H,14-15H2,1H3/t20-/m1/s1. The van der Waals surface area contributed by atoms with E-state index >= 15 is 0 Å². The highest BCUT2D eigenvalue weighted by Gasteiger charge is 2.31. The van der Waals surface area contributed by atoms with Gasteiger partial charge in [-0.25, -0.2) is 0 Å². The van der Waals surface area contributed by atoms with E-state index in [-0.39, 0.29) is 11.8 Å². The van der Waals surface area contributed by atoms with E-state index in [0.717, 1.165) is 16.7 Å². The Balaban J connectivity index is 1.46. The Hall–Kier alpha value is -3.67. The number of hydrogen-bond acceptors (Lipinski definition) is 4. The van der Waals surface area contributed by atoms with Crippen molar-refractivity contribution in [3.63, 3.8) is 0 Å². The van der Waals surface area contributed by atoms with Gasteiger partial charge in [0.1, 0.15) is 0 Å². The lowest BCUT2D eigenvalue weighted by Gasteiger charge is -2.34. The van der Waals surface area contributed by atoms with Gasteiger partial charge in [0.05, 0.1) is 6.20 Å². The molecular weight excluding hydrogens is 364 g/mol. The van der Waals surface area contributed by atoms with Gasteiger partial charge in [-0.15, -0.1) is 0 Å². The summed E-state index contributed by atoms with van der Waals surface area (Å²) in [4.78, 5) is 15.1. The van der Waals surface area contributed by atoms with Crippen LogP contribution in [0.4, 0.5) is 0 Å². The molecule has 6 heteroatoms. The molecular formula is C23H20N4O2. The maximum absolute atomic E-state index is 13.2. The van der Waals surface area contributed by atoms with Gasteiger partial charge in [-0.1, -0.05) is 59.8 Å². The molecule has 2 aromatic carbocycles. The maximum Gasteiger partial charge on any atom is 0.276 e. The first-order valence-electron chi connectivity index (χ1n) is 9.57. The summed E-state index contributed by atoms with van der Waals surface area (Å²) in [5.41, 5.74) is 4.72. The van der Waals surface area contributed by atoms with Crippen LogP contribution < -0.4 is 0 Å². The smallest absolute Gasteiger partial charge is 0.276 e. The fourth-order valence-electron chi connectivity index (χ4n) is 3.94. The highest BCUT2D eigenvalue weighted by molar-refractivity contribution is 5.93. The molecule has 4 aromatic rings. The molecule has 0 fully saturated rings. The first-order chi connectivity index (χ1) is 14.2. The van der Waals surface area contributed by atoms with E-state index in [1.165, 1.54) is 5.56 Å². The molecule has 0 saturated carbocycles. The van der Waals surface area contributed by atoms with Crippen molar-refractivity contribution < 1.29 is 9.32 Å². The second kappa shape index (κ2) is 7.05. The molecule has 0 aliphatic carbocycles. The van der Waals surface area contributed by atoms with Gasteiger partial charge in [-0.3, -0.25) is 9.48 Å². The molecule has 1 aliphatic heterocycles. The lowest BCUT2D eigenvalue weighted by molar-refractivity contribution is 0.0714. The van der Waals surface area contributed by atoms with Gasteiger partial charge in [-0.2, -0.15) is 5.10 Å². The molecule has 1 atom stereocenters. The lowest BCUT2D eigenvalue weighted by atomic mass is 9.86. The van der Waals surface area contributed by atoms with Crippen LogP contribution in [0.2, 0.25) is 0 Å². The van der Waals surface area contributed by atoms with Gasteiger partial charge in [0.25, 0.3) is 5.91 Å². The summed E-state index contributed by atoms with van der Waals surface area (Å²) in [5.74, 6) is 0.549. The Morgan fingerprint density at radius 3 is 2.69 bits per heavy atom. The fourth-order valence-corrected chi connectivity index (χ4v) is 3.94. The SMILES string of the molecule is Cn1cc([C@H]2CN(C(=O)c3cc(-c4ccccc4)on3)Cc3ccccc32)cn1. The Kier molecular flexibility index (Phi) is 4.24. The van der Waals surface area contributed by atoms with E-state index in [2.05, 4.69) is 22.4 Å². The van der Waals surface area contributed by atoms with E-state index in [4.69, 9.17) is 4.52 Å². The van der Waals surface area contributed by atoms with Crippen molar-refractivity contribution in [2.24, 2.45) is 7.05 Å². The largest absolute Gasteiger partial charge is 0.355 e. The molecule has 0 unspecified atom stereocenters. The van der Waals surface area contributed by atoms with Crippen molar-refractivity contribution in [2.45, 2.75) is 12.5 Å². The van der Waals surface area contributed by atoms with Gasteiger partial charge in [0.15, 0.2) is 11.5 Å². The predicted molar refractivity (Wildman–Crippen MR) is 108 cm³/mol. The number of aromatic nitrogens is 3. The summed E-state index contributed by atoms with van der Waals surface area (Å²) in [5, 5.41) is 8.36. The fraction of sp³-hybridized carbons (Fsp3) is 0.174. The van der Waals surface area contributed by atoms with Crippen molar-refractivity contribution in [1.82, 2.24) is 19.8 Å². The zero-order valence-electron chi connectivity index (χ0n) is 16.0.